The zero-order valence-corrected chi connectivity index (χ0v) is 10.9. The van der Waals surface area contributed by atoms with Crippen LogP contribution in [-0.2, 0) is 28.7 Å². The monoisotopic (exact) mass is 305 g/mol. The van der Waals surface area contributed by atoms with Crippen molar-refractivity contribution in [2.45, 2.75) is 31.3 Å². The molecule has 0 atom stereocenters. The van der Waals surface area contributed by atoms with E-state index >= 15 is 0 Å². The second kappa shape index (κ2) is 7.94. The van der Waals surface area contributed by atoms with Crippen LogP contribution in [0.15, 0.2) is 0 Å². The van der Waals surface area contributed by atoms with Gasteiger partial charge in [-0.3, -0.25) is 19.2 Å². The number of rotatable bonds is 10. The van der Waals surface area contributed by atoms with Crippen molar-refractivity contribution in [1.29, 1.82) is 0 Å². The predicted molar refractivity (Wildman–Crippen MR) is 64.3 cm³/mol. The molecule has 0 saturated carbocycles. The Morgan fingerprint density at radius 3 is 1.71 bits per heavy atom. The van der Waals surface area contributed by atoms with Gasteiger partial charge in [-0.15, -0.1) is 0 Å². The van der Waals surface area contributed by atoms with Gasteiger partial charge in [0.15, 0.2) is 0 Å². The van der Waals surface area contributed by atoms with E-state index < -0.39 is 54.5 Å². The van der Waals surface area contributed by atoms with E-state index in [0.717, 1.165) is 0 Å². The molecule has 0 aromatic rings. The molecule has 0 aromatic heterocycles. The van der Waals surface area contributed by atoms with E-state index in [-0.39, 0.29) is 13.0 Å². The van der Waals surface area contributed by atoms with Crippen molar-refractivity contribution >= 4 is 29.7 Å². The molecule has 0 radical (unpaired) electrons. The number of hydrogen-bond acceptors (Lipinski definition) is 7. The summed E-state index contributed by atoms with van der Waals surface area (Å²) in [7, 11) is 0. The zero-order valence-electron chi connectivity index (χ0n) is 10.9. The topological polar surface area (TPSA) is 181 Å². The summed E-state index contributed by atoms with van der Waals surface area (Å²) in [6, 6.07) is 0. The van der Waals surface area contributed by atoms with Gasteiger partial charge in [-0.2, -0.15) is 0 Å². The minimum Gasteiger partial charge on any atom is -0.481 e. The highest BCUT2D eigenvalue weighted by Crippen LogP contribution is 2.23. The first-order chi connectivity index (χ1) is 9.62. The first-order valence-corrected chi connectivity index (χ1v) is 5.73. The van der Waals surface area contributed by atoms with Gasteiger partial charge in [-0.25, -0.2) is 4.79 Å². The van der Waals surface area contributed by atoms with Gasteiger partial charge in [0, 0.05) is 6.42 Å². The lowest BCUT2D eigenvalue weighted by atomic mass is 9.95. The van der Waals surface area contributed by atoms with Crippen LogP contribution in [0.3, 0.4) is 0 Å². The number of ether oxygens (including phenoxy) is 1. The van der Waals surface area contributed by atoms with E-state index in [4.69, 9.17) is 21.1 Å². The summed E-state index contributed by atoms with van der Waals surface area (Å²) in [6.45, 7) is -0.318. The Balaban J connectivity index is 5.06. The highest BCUT2D eigenvalue weighted by molar-refractivity contribution is 5.91. The highest BCUT2D eigenvalue weighted by atomic mass is 16.6. The van der Waals surface area contributed by atoms with Gasteiger partial charge in [0.2, 0.25) is 5.60 Å². The maximum atomic E-state index is 11.5. The average Bonchev–Trinajstić information content (AvgIpc) is 2.33. The highest BCUT2D eigenvalue weighted by Gasteiger charge is 2.47. The largest absolute Gasteiger partial charge is 0.481 e. The van der Waals surface area contributed by atoms with Gasteiger partial charge in [0.05, 0.1) is 25.8 Å². The third-order valence-corrected chi connectivity index (χ3v) is 2.41. The van der Waals surface area contributed by atoms with Crippen LogP contribution in [0.2, 0.25) is 0 Å². The van der Waals surface area contributed by atoms with Crippen molar-refractivity contribution in [3.8, 4) is 0 Å². The quantitative estimate of drug-likeness (QED) is 0.350. The standard InChI is InChI=1S/C11H15NO9/c12-5-6(13)1-2-9(18)21-11(10(19)20,3-7(14)15)4-8(16)17/h1-5,12H2,(H,14,15)(H,16,17)(H,19,20). The van der Waals surface area contributed by atoms with Crippen molar-refractivity contribution in [2.24, 2.45) is 5.73 Å². The molecule has 0 unspecified atom stereocenters. The van der Waals surface area contributed by atoms with E-state index in [9.17, 15) is 24.0 Å². The number of aliphatic carboxylic acids is 3. The second-order valence-electron chi connectivity index (χ2n) is 4.16. The molecule has 21 heavy (non-hydrogen) atoms. The minimum absolute atomic E-state index is 0.314. The molecule has 0 bridgehead atoms. The van der Waals surface area contributed by atoms with Crippen LogP contribution >= 0.6 is 0 Å². The van der Waals surface area contributed by atoms with Crippen molar-refractivity contribution in [3.05, 3.63) is 0 Å². The Kier molecular flexibility index (Phi) is 7.00. The molecule has 0 aromatic carbocycles. The van der Waals surface area contributed by atoms with Crippen LogP contribution in [0.1, 0.15) is 25.7 Å². The van der Waals surface area contributed by atoms with Gasteiger partial charge in [0.25, 0.3) is 0 Å². The molecule has 0 aliphatic heterocycles. The van der Waals surface area contributed by atoms with Gasteiger partial charge in [-0.05, 0) is 0 Å². The summed E-state index contributed by atoms with van der Waals surface area (Å²) >= 11 is 0. The molecule has 118 valence electrons. The van der Waals surface area contributed by atoms with Crippen LogP contribution in [-0.4, -0.2) is 57.1 Å². The number of carboxylic acids is 3. The Morgan fingerprint density at radius 1 is 0.905 bits per heavy atom. The van der Waals surface area contributed by atoms with Crippen molar-refractivity contribution in [3.63, 3.8) is 0 Å². The fourth-order valence-electron chi connectivity index (χ4n) is 1.43. The summed E-state index contributed by atoms with van der Waals surface area (Å²) < 4.78 is 4.52. The molecule has 0 heterocycles. The third kappa shape index (κ3) is 6.47. The molecule has 5 N–H and O–H groups in total. The molecular formula is C11H15NO9. The fourth-order valence-corrected chi connectivity index (χ4v) is 1.43. The number of carbonyl (C=O) groups is 5. The lowest BCUT2D eigenvalue weighted by molar-refractivity contribution is -0.186. The normalized spacial score (nSPS) is 10.7. The van der Waals surface area contributed by atoms with Crippen LogP contribution in [0, 0.1) is 0 Å². The number of hydrogen-bond donors (Lipinski definition) is 4. The summed E-state index contributed by atoms with van der Waals surface area (Å²) in [5, 5.41) is 26.3. The summed E-state index contributed by atoms with van der Waals surface area (Å²) in [5.41, 5.74) is 2.29. The van der Waals surface area contributed by atoms with E-state index in [1.165, 1.54) is 0 Å². The van der Waals surface area contributed by atoms with Crippen molar-refractivity contribution in [2.75, 3.05) is 6.54 Å². The Hall–Kier alpha value is -2.49. The maximum absolute atomic E-state index is 11.5. The molecule has 0 saturated heterocycles. The summed E-state index contributed by atoms with van der Waals surface area (Å²) in [4.78, 5) is 54.9. The van der Waals surface area contributed by atoms with Gasteiger partial charge >= 0.3 is 23.9 Å². The zero-order chi connectivity index (χ0) is 16.6. The van der Waals surface area contributed by atoms with Crippen LogP contribution < -0.4 is 5.73 Å². The van der Waals surface area contributed by atoms with Gasteiger partial charge < -0.3 is 25.8 Å². The first-order valence-electron chi connectivity index (χ1n) is 5.73. The molecule has 0 fully saturated rings. The molecule has 0 rings (SSSR count). The maximum Gasteiger partial charge on any atom is 0.349 e. The van der Waals surface area contributed by atoms with E-state index in [1.807, 2.05) is 0 Å². The molecule has 0 aliphatic carbocycles. The number of ketones is 1. The van der Waals surface area contributed by atoms with E-state index in [2.05, 4.69) is 4.74 Å². The number of nitrogens with two attached hydrogens (primary N) is 1. The minimum atomic E-state index is -2.72. The van der Waals surface area contributed by atoms with Crippen LogP contribution in [0.5, 0.6) is 0 Å². The number of Topliss-reactive ketones (excluding diaryl/α,β-unsaturated/α-hetero) is 1. The summed E-state index contributed by atoms with van der Waals surface area (Å²) in [6.07, 6.45) is -3.27. The number of esters is 1. The first kappa shape index (κ1) is 18.5. The Bertz CT molecular complexity index is 441. The summed E-state index contributed by atoms with van der Waals surface area (Å²) in [5.74, 6) is -6.87. The lowest BCUT2D eigenvalue weighted by Gasteiger charge is -2.26. The SMILES string of the molecule is NCC(=O)CCC(=O)OC(CC(=O)O)(CC(=O)O)C(=O)O. The number of carboxylic acid groups (broad SMARTS) is 3. The van der Waals surface area contributed by atoms with Crippen LogP contribution in [0.25, 0.3) is 0 Å². The van der Waals surface area contributed by atoms with E-state index in [1.54, 1.807) is 0 Å². The third-order valence-electron chi connectivity index (χ3n) is 2.41. The smallest absolute Gasteiger partial charge is 0.349 e. The second-order valence-corrected chi connectivity index (χ2v) is 4.16. The average molecular weight is 305 g/mol. The molecular weight excluding hydrogens is 290 g/mol. The molecule has 0 spiro atoms. The van der Waals surface area contributed by atoms with Gasteiger partial charge in [0.1, 0.15) is 5.78 Å². The molecule has 0 amide bonds. The van der Waals surface area contributed by atoms with E-state index in [0.29, 0.717) is 0 Å². The fraction of sp³-hybridized carbons (Fsp3) is 0.545. The molecule has 10 nitrogen and oxygen atoms in total. The predicted octanol–water partition coefficient (Wildman–Crippen LogP) is -1.39. The Labute approximate surface area is 118 Å². The van der Waals surface area contributed by atoms with Crippen molar-refractivity contribution < 1.29 is 44.0 Å². The Morgan fingerprint density at radius 2 is 1.38 bits per heavy atom. The molecule has 10 heteroatoms. The lowest BCUT2D eigenvalue weighted by Crippen LogP contribution is -2.47. The molecule has 0 aliphatic rings. The van der Waals surface area contributed by atoms with Gasteiger partial charge in [-0.1, -0.05) is 0 Å². The van der Waals surface area contributed by atoms with Crippen molar-refractivity contribution in [1.82, 2.24) is 0 Å². The van der Waals surface area contributed by atoms with Crippen LogP contribution in [0.4, 0.5) is 0 Å². The number of carbonyl (C=O) groups excluding carboxylic acids is 2.